The number of hydrogen-bond acceptors (Lipinski definition) is 3. The molecule has 100 valence electrons. The Balaban J connectivity index is 2.04. The first-order chi connectivity index (χ1) is 9.19. The zero-order chi connectivity index (χ0) is 13.7. The van der Waals surface area contributed by atoms with Crippen LogP contribution in [0.4, 0.5) is 17.1 Å². The van der Waals surface area contributed by atoms with Crippen molar-refractivity contribution in [1.82, 2.24) is 0 Å². The number of benzene rings is 2. The van der Waals surface area contributed by atoms with Crippen molar-refractivity contribution in [2.24, 2.45) is 0 Å². The van der Waals surface area contributed by atoms with E-state index in [0.717, 1.165) is 17.1 Å². The van der Waals surface area contributed by atoms with E-state index in [9.17, 15) is 0 Å². The maximum Gasteiger partial charge on any atom is 0.119 e. The van der Waals surface area contributed by atoms with Gasteiger partial charge in [-0.25, -0.2) is 0 Å². The van der Waals surface area contributed by atoms with Crippen molar-refractivity contribution in [3.05, 3.63) is 48.5 Å². The summed E-state index contributed by atoms with van der Waals surface area (Å²) in [7, 11) is 4.07. The van der Waals surface area contributed by atoms with Crippen LogP contribution in [0.5, 0.6) is 5.75 Å². The van der Waals surface area contributed by atoms with Crippen LogP contribution >= 0.6 is 0 Å². The molecule has 0 aliphatic rings. The van der Waals surface area contributed by atoms with Gasteiger partial charge in [-0.2, -0.15) is 0 Å². The number of rotatable bonds is 5. The van der Waals surface area contributed by atoms with Crippen molar-refractivity contribution in [3.8, 4) is 5.75 Å². The zero-order valence-electron chi connectivity index (χ0n) is 11.7. The number of hydrogen-bond donors (Lipinski definition) is 1. The maximum absolute atomic E-state index is 5.42. The van der Waals surface area contributed by atoms with E-state index >= 15 is 0 Å². The third-order valence-corrected chi connectivity index (χ3v) is 2.84. The van der Waals surface area contributed by atoms with E-state index < -0.39 is 0 Å². The Bertz CT molecular complexity index is 503. The van der Waals surface area contributed by atoms with Gasteiger partial charge in [0.25, 0.3) is 0 Å². The molecule has 0 atom stereocenters. The highest BCUT2D eigenvalue weighted by Gasteiger charge is 1.98. The van der Waals surface area contributed by atoms with Crippen LogP contribution in [0.2, 0.25) is 0 Å². The monoisotopic (exact) mass is 256 g/mol. The highest BCUT2D eigenvalue weighted by molar-refractivity contribution is 5.63. The predicted octanol–water partition coefficient (Wildman–Crippen LogP) is 3.89. The van der Waals surface area contributed by atoms with Gasteiger partial charge in [-0.1, -0.05) is 0 Å². The lowest BCUT2D eigenvalue weighted by Gasteiger charge is -2.13. The quantitative estimate of drug-likeness (QED) is 0.878. The second kappa shape index (κ2) is 6.14. The summed E-state index contributed by atoms with van der Waals surface area (Å²) in [5.41, 5.74) is 3.33. The average molecular weight is 256 g/mol. The molecule has 0 fully saturated rings. The molecule has 1 N–H and O–H groups in total. The van der Waals surface area contributed by atoms with Crippen LogP contribution in [0, 0.1) is 0 Å². The Morgan fingerprint density at radius 3 is 1.89 bits per heavy atom. The molecular weight excluding hydrogens is 236 g/mol. The molecule has 2 rings (SSSR count). The van der Waals surface area contributed by atoms with E-state index in [4.69, 9.17) is 4.74 Å². The molecule has 0 spiro atoms. The summed E-state index contributed by atoms with van der Waals surface area (Å²) < 4.78 is 5.42. The third kappa shape index (κ3) is 3.65. The van der Waals surface area contributed by atoms with Crippen molar-refractivity contribution in [2.45, 2.75) is 6.92 Å². The smallest absolute Gasteiger partial charge is 0.119 e. The van der Waals surface area contributed by atoms with Crippen molar-refractivity contribution < 1.29 is 4.74 Å². The minimum Gasteiger partial charge on any atom is -0.494 e. The van der Waals surface area contributed by atoms with Crippen LogP contribution in [0.25, 0.3) is 0 Å². The zero-order valence-corrected chi connectivity index (χ0v) is 11.7. The number of anilines is 3. The third-order valence-electron chi connectivity index (χ3n) is 2.84. The van der Waals surface area contributed by atoms with E-state index in [-0.39, 0.29) is 0 Å². The lowest BCUT2D eigenvalue weighted by molar-refractivity contribution is 0.340. The van der Waals surface area contributed by atoms with Crippen LogP contribution < -0.4 is 15.0 Å². The number of nitrogens with zero attached hydrogens (tertiary/aromatic N) is 1. The van der Waals surface area contributed by atoms with Gasteiger partial charge in [-0.15, -0.1) is 0 Å². The van der Waals surface area contributed by atoms with Crippen LogP contribution in [-0.4, -0.2) is 20.7 Å². The predicted molar refractivity (Wildman–Crippen MR) is 81.7 cm³/mol. The maximum atomic E-state index is 5.42. The summed E-state index contributed by atoms with van der Waals surface area (Å²) in [6, 6.07) is 16.3. The summed E-state index contributed by atoms with van der Waals surface area (Å²) in [6.07, 6.45) is 0. The van der Waals surface area contributed by atoms with Crippen LogP contribution in [0.1, 0.15) is 6.92 Å². The number of ether oxygens (including phenoxy) is 1. The Morgan fingerprint density at radius 1 is 0.895 bits per heavy atom. The van der Waals surface area contributed by atoms with E-state index in [1.807, 2.05) is 45.3 Å². The molecule has 0 aromatic heterocycles. The van der Waals surface area contributed by atoms with Gasteiger partial charge in [0, 0.05) is 31.2 Å². The molecule has 0 aliphatic carbocycles. The van der Waals surface area contributed by atoms with Crippen LogP contribution in [-0.2, 0) is 0 Å². The van der Waals surface area contributed by atoms with Gasteiger partial charge in [0.15, 0.2) is 0 Å². The van der Waals surface area contributed by atoms with E-state index in [0.29, 0.717) is 6.61 Å². The van der Waals surface area contributed by atoms with Gasteiger partial charge in [-0.05, 0) is 55.5 Å². The molecular formula is C16H20N2O. The molecule has 0 bridgehead atoms. The van der Waals surface area contributed by atoms with Gasteiger partial charge >= 0.3 is 0 Å². The fraction of sp³-hybridized carbons (Fsp3) is 0.250. The Labute approximate surface area is 114 Å². The van der Waals surface area contributed by atoms with Gasteiger partial charge in [0.05, 0.1) is 6.61 Å². The molecule has 0 saturated heterocycles. The fourth-order valence-electron chi connectivity index (χ4n) is 1.81. The minimum absolute atomic E-state index is 0.693. The highest BCUT2D eigenvalue weighted by Crippen LogP contribution is 2.22. The Kier molecular flexibility index (Phi) is 4.29. The second-order valence-corrected chi connectivity index (χ2v) is 4.52. The van der Waals surface area contributed by atoms with Crippen molar-refractivity contribution in [2.75, 3.05) is 30.9 Å². The molecule has 2 aromatic rings. The molecule has 0 unspecified atom stereocenters. The summed E-state index contributed by atoms with van der Waals surface area (Å²) in [6.45, 7) is 2.68. The van der Waals surface area contributed by atoms with Crippen molar-refractivity contribution in [1.29, 1.82) is 0 Å². The summed E-state index contributed by atoms with van der Waals surface area (Å²) in [4.78, 5) is 2.08. The standard InChI is InChI=1S/C16H20N2O/c1-4-19-16-11-7-14(8-12-16)17-13-5-9-15(10-6-13)18(2)3/h5-12,17H,4H2,1-3H3. The first kappa shape index (κ1) is 13.3. The molecule has 0 saturated carbocycles. The fourth-order valence-corrected chi connectivity index (χ4v) is 1.81. The summed E-state index contributed by atoms with van der Waals surface area (Å²) in [5, 5.41) is 3.37. The first-order valence-electron chi connectivity index (χ1n) is 6.46. The molecule has 19 heavy (non-hydrogen) atoms. The van der Waals surface area contributed by atoms with E-state index in [1.54, 1.807) is 0 Å². The van der Waals surface area contributed by atoms with Crippen molar-refractivity contribution >= 4 is 17.1 Å². The highest BCUT2D eigenvalue weighted by atomic mass is 16.5. The Morgan fingerprint density at radius 2 is 1.42 bits per heavy atom. The van der Waals surface area contributed by atoms with Gasteiger partial charge < -0.3 is 15.0 Å². The molecule has 2 aromatic carbocycles. The van der Waals surface area contributed by atoms with E-state index in [2.05, 4.69) is 34.5 Å². The molecule has 3 nitrogen and oxygen atoms in total. The van der Waals surface area contributed by atoms with Crippen LogP contribution in [0.3, 0.4) is 0 Å². The summed E-state index contributed by atoms with van der Waals surface area (Å²) >= 11 is 0. The van der Waals surface area contributed by atoms with Gasteiger partial charge in [-0.3, -0.25) is 0 Å². The normalized spacial score (nSPS) is 10.1. The molecule has 0 heterocycles. The molecule has 0 aliphatic heterocycles. The first-order valence-corrected chi connectivity index (χ1v) is 6.46. The Hall–Kier alpha value is -2.16. The largest absolute Gasteiger partial charge is 0.494 e. The van der Waals surface area contributed by atoms with E-state index in [1.165, 1.54) is 5.69 Å². The molecule has 0 amide bonds. The van der Waals surface area contributed by atoms with Crippen LogP contribution in [0.15, 0.2) is 48.5 Å². The topological polar surface area (TPSA) is 24.5 Å². The lowest BCUT2D eigenvalue weighted by atomic mass is 10.2. The van der Waals surface area contributed by atoms with Gasteiger partial charge in [0.1, 0.15) is 5.75 Å². The molecule has 3 heteroatoms. The van der Waals surface area contributed by atoms with Gasteiger partial charge in [0.2, 0.25) is 0 Å². The SMILES string of the molecule is CCOc1ccc(Nc2ccc(N(C)C)cc2)cc1. The molecule has 0 radical (unpaired) electrons. The second-order valence-electron chi connectivity index (χ2n) is 4.52. The lowest BCUT2D eigenvalue weighted by Crippen LogP contribution is -2.08. The summed E-state index contributed by atoms with van der Waals surface area (Å²) in [5.74, 6) is 0.899. The number of nitrogens with one attached hydrogen (secondary N) is 1. The minimum atomic E-state index is 0.693. The van der Waals surface area contributed by atoms with Crippen molar-refractivity contribution in [3.63, 3.8) is 0 Å². The average Bonchev–Trinajstić information content (AvgIpc) is 2.42.